The van der Waals surface area contributed by atoms with Crippen LogP contribution in [-0.2, 0) is 0 Å². The average molecular weight is 342 g/mol. The highest BCUT2D eigenvalue weighted by molar-refractivity contribution is 8.00. The van der Waals surface area contributed by atoms with E-state index in [0.29, 0.717) is 20.5 Å². The maximum absolute atomic E-state index is 12.1. The number of hydrogen-bond donors (Lipinski definition) is 0. The van der Waals surface area contributed by atoms with Crippen LogP contribution in [0.4, 0.5) is 5.69 Å². The van der Waals surface area contributed by atoms with Crippen molar-refractivity contribution in [3.8, 4) is 0 Å². The average Bonchev–Trinajstić information content (AvgIpc) is 2.47. The van der Waals surface area contributed by atoms with Gasteiger partial charge in [0.05, 0.1) is 25.6 Å². The summed E-state index contributed by atoms with van der Waals surface area (Å²) in [6, 6.07) is 10.9. The van der Waals surface area contributed by atoms with Crippen molar-refractivity contribution >= 4 is 46.4 Å². The molecular weight excluding hydrogens is 333 g/mol. The van der Waals surface area contributed by atoms with E-state index in [2.05, 4.69) is 0 Å². The number of ketones is 1. The Morgan fingerprint density at radius 2 is 1.86 bits per heavy atom. The summed E-state index contributed by atoms with van der Waals surface area (Å²) in [4.78, 5) is 23.0. The molecule has 0 spiro atoms. The second kappa shape index (κ2) is 6.93. The summed E-state index contributed by atoms with van der Waals surface area (Å²) in [6.45, 7) is 0. The third-order valence-corrected chi connectivity index (χ3v) is 4.46. The number of nitro groups is 1. The van der Waals surface area contributed by atoms with Gasteiger partial charge in [0.25, 0.3) is 5.69 Å². The van der Waals surface area contributed by atoms with E-state index in [-0.39, 0.29) is 17.2 Å². The van der Waals surface area contributed by atoms with Gasteiger partial charge in [-0.2, -0.15) is 0 Å². The number of halogens is 2. The Hall–Kier alpha value is -1.56. The highest BCUT2D eigenvalue weighted by Crippen LogP contribution is 2.30. The van der Waals surface area contributed by atoms with Crippen LogP contribution < -0.4 is 0 Å². The van der Waals surface area contributed by atoms with E-state index in [4.69, 9.17) is 23.2 Å². The molecule has 0 saturated carbocycles. The molecule has 0 N–H and O–H groups in total. The van der Waals surface area contributed by atoms with Crippen LogP contribution >= 0.6 is 35.0 Å². The number of carbonyl (C=O) groups excluding carboxylic acids is 1. The van der Waals surface area contributed by atoms with Crippen molar-refractivity contribution < 1.29 is 9.72 Å². The van der Waals surface area contributed by atoms with Gasteiger partial charge in [0.2, 0.25) is 0 Å². The predicted molar refractivity (Wildman–Crippen MR) is 84.6 cm³/mol. The summed E-state index contributed by atoms with van der Waals surface area (Å²) in [5.41, 5.74) is 0.417. The molecule has 0 atom stereocenters. The van der Waals surface area contributed by atoms with Crippen LogP contribution in [0.25, 0.3) is 0 Å². The first-order valence-electron chi connectivity index (χ1n) is 5.83. The first kappa shape index (κ1) is 15.8. The Morgan fingerprint density at radius 1 is 1.14 bits per heavy atom. The smallest absolute Gasteiger partial charge is 0.282 e. The van der Waals surface area contributed by atoms with Crippen LogP contribution in [0.5, 0.6) is 0 Å². The lowest BCUT2D eigenvalue weighted by atomic mass is 10.1. The molecule has 0 heterocycles. The summed E-state index contributed by atoms with van der Waals surface area (Å²) < 4.78 is 0. The number of thioether (sulfide) groups is 1. The van der Waals surface area contributed by atoms with Crippen molar-refractivity contribution in [2.45, 2.75) is 4.90 Å². The van der Waals surface area contributed by atoms with Crippen LogP contribution in [0.2, 0.25) is 10.0 Å². The normalized spacial score (nSPS) is 10.4. The van der Waals surface area contributed by atoms with Crippen molar-refractivity contribution in [2.75, 3.05) is 5.75 Å². The van der Waals surface area contributed by atoms with Crippen LogP contribution in [-0.4, -0.2) is 16.5 Å². The highest BCUT2D eigenvalue weighted by Gasteiger charge is 2.15. The number of rotatable bonds is 5. The summed E-state index contributed by atoms with van der Waals surface area (Å²) in [5.74, 6) is -0.0836. The Bertz CT molecular complexity index is 706. The number of hydrogen-bond acceptors (Lipinski definition) is 4. The molecule has 0 fully saturated rings. The minimum Gasteiger partial charge on any atom is -0.293 e. The van der Waals surface area contributed by atoms with Crippen molar-refractivity contribution in [1.29, 1.82) is 0 Å². The zero-order valence-corrected chi connectivity index (χ0v) is 12.9. The minimum absolute atomic E-state index is 0.00978. The van der Waals surface area contributed by atoms with Gasteiger partial charge in [-0.15, -0.1) is 11.8 Å². The molecule has 108 valence electrons. The molecule has 2 aromatic carbocycles. The molecule has 0 bridgehead atoms. The number of benzene rings is 2. The van der Waals surface area contributed by atoms with Crippen LogP contribution in [0.15, 0.2) is 47.4 Å². The van der Waals surface area contributed by atoms with E-state index in [1.165, 1.54) is 12.1 Å². The van der Waals surface area contributed by atoms with Gasteiger partial charge in [-0.3, -0.25) is 14.9 Å². The maximum Gasteiger partial charge on any atom is 0.282 e. The van der Waals surface area contributed by atoms with Gasteiger partial charge in [0.1, 0.15) is 0 Å². The highest BCUT2D eigenvalue weighted by atomic mass is 35.5. The first-order chi connectivity index (χ1) is 9.99. The number of Topliss-reactive ketones (excluding diaryl/α,β-unsaturated/α-hetero) is 1. The molecule has 21 heavy (non-hydrogen) atoms. The summed E-state index contributed by atoms with van der Waals surface area (Å²) in [7, 11) is 0. The molecule has 7 heteroatoms. The quantitative estimate of drug-likeness (QED) is 0.336. The van der Waals surface area contributed by atoms with Crippen molar-refractivity contribution in [3.05, 3.63) is 68.2 Å². The summed E-state index contributed by atoms with van der Waals surface area (Å²) in [5, 5.41) is 11.6. The Balaban J connectivity index is 2.11. The lowest BCUT2D eigenvalue weighted by Gasteiger charge is -2.04. The molecule has 0 saturated heterocycles. The Morgan fingerprint density at radius 3 is 2.52 bits per heavy atom. The lowest BCUT2D eigenvalue weighted by molar-refractivity contribution is -0.387. The zero-order valence-electron chi connectivity index (χ0n) is 10.6. The minimum atomic E-state index is -0.466. The van der Waals surface area contributed by atoms with Crippen LogP contribution in [0, 0.1) is 10.1 Å². The van der Waals surface area contributed by atoms with E-state index in [9.17, 15) is 14.9 Å². The van der Waals surface area contributed by atoms with Gasteiger partial charge in [-0.25, -0.2) is 0 Å². The van der Waals surface area contributed by atoms with Crippen molar-refractivity contribution in [2.24, 2.45) is 0 Å². The summed E-state index contributed by atoms with van der Waals surface area (Å²) >= 11 is 12.8. The Kier molecular flexibility index (Phi) is 5.22. The zero-order chi connectivity index (χ0) is 15.4. The Labute approximate surface area is 135 Å². The molecule has 0 radical (unpaired) electrons. The van der Waals surface area contributed by atoms with Crippen LogP contribution in [0.3, 0.4) is 0 Å². The second-order valence-corrected chi connectivity index (χ2v) is 5.90. The standard InChI is InChI=1S/C14H9Cl2NO3S/c15-10-6-5-9(7-11(10)16)13(18)8-21-14-4-2-1-3-12(14)17(19)20/h1-7H,8H2. The SMILES string of the molecule is O=C(CSc1ccccc1[N+](=O)[O-])c1ccc(Cl)c(Cl)c1. The van der Waals surface area contributed by atoms with Gasteiger partial charge in [-0.1, -0.05) is 35.3 Å². The van der Waals surface area contributed by atoms with E-state index < -0.39 is 4.92 Å². The molecular formula is C14H9Cl2NO3S. The lowest BCUT2D eigenvalue weighted by Crippen LogP contribution is -2.02. The monoisotopic (exact) mass is 341 g/mol. The topological polar surface area (TPSA) is 60.2 Å². The fourth-order valence-electron chi connectivity index (χ4n) is 1.63. The van der Waals surface area contributed by atoms with Gasteiger partial charge < -0.3 is 0 Å². The number of carbonyl (C=O) groups is 1. The molecule has 0 aliphatic heterocycles. The van der Waals surface area contributed by atoms with Gasteiger partial charge >= 0.3 is 0 Å². The van der Waals surface area contributed by atoms with Crippen molar-refractivity contribution in [3.63, 3.8) is 0 Å². The largest absolute Gasteiger partial charge is 0.293 e. The van der Waals surface area contributed by atoms with Gasteiger partial charge in [0, 0.05) is 11.6 Å². The maximum atomic E-state index is 12.1. The summed E-state index contributed by atoms with van der Waals surface area (Å²) in [6.07, 6.45) is 0. The second-order valence-electron chi connectivity index (χ2n) is 4.07. The molecule has 0 unspecified atom stereocenters. The van der Waals surface area contributed by atoms with E-state index in [1.807, 2.05) is 0 Å². The molecule has 0 aliphatic rings. The number of nitrogens with zero attached hydrogens (tertiary/aromatic N) is 1. The van der Waals surface area contributed by atoms with E-state index >= 15 is 0 Å². The van der Waals surface area contributed by atoms with Crippen molar-refractivity contribution in [1.82, 2.24) is 0 Å². The third-order valence-electron chi connectivity index (χ3n) is 2.66. The molecule has 2 aromatic rings. The molecule has 0 aliphatic carbocycles. The number of para-hydroxylation sites is 1. The van der Waals surface area contributed by atoms with E-state index in [1.54, 1.807) is 30.3 Å². The number of nitro benzene ring substituents is 1. The van der Waals surface area contributed by atoms with Gasteiger partial charge in [-0.05, 0) is 24.3 Å². The third kappa shape index (κ3) is 3.97. The van der Waals surface area contributed by atoms with E-state index in [0.717, 1.165) is 11.8 Å². The van der Waals surface area contributed by atoms with Crippen LogP contribution in [0.1, 0.15) is 10.4 Å². The fraction of sp³-hybridized carbons (Fsp3) is 0.0714. The fourth-order valence-corrected chi connectivity index (χ4v) is 2.84. The van der Waals surface area contributed by atoms with Gasteiger partial charge in [0.15, 0.2) is 5.78 Å². The molecule has 4 nitrogen and oxygen atoms in total. The molecule has 0 aromatic heterocycles. The predicted octanol–water partition coefficient (Wildman–Crippen LogP) is 4.88. The molecule has 2 rings (SSSR count). The first-order valence-corrected chi connectivity index (χ1v) is 7.57. The molecule has 0 amide bonds.